The molecule has 0 spiro atoms. The van der Waals surface area contributed by atoms with Gasteiger partial charge in [-0.05, 0) is 79.5 Å². The number of amides is 1. The number of hydrogen-bond donors (Lipinski definition) is 4. The van der Waals surface area contributed by atoms with Gasteiger partial charge >= 0.3 is 0 Å². The summed E-state index contributed by atoms with van der Waals surface area (Å²) >= 11 is 0. The fourth-order valence-corrected chi connectivity index (χ4v) is 5.43. The van der Waals surface area contributed by atoms with E-state index in [1.165, 1.54) is 5.56 Å². The molecule has 3 aromatic carbocycles. The standard InChI is InChI=1S/C24H27N3O3.C8H9N3O/c1-15(21(28)12-8-16-7-11-20-22(13-16)30-27-23(20)25)26-24(29)19-10-9-18(14-19)17-5-3-2-4-6-17;9-4-5-1-2-6-7(3-5)12-11-8(6)10/h2-7,11,13,15,18-19H,8-10,12,14H2,1H3,(H2,25,27)(H,26,29);1-3H,4,9H2,(H2,10,11)/t15-,18+,19+;/m0./s1. The summed E-state index contributed by atoms with van der Waals surface area (Å²) in [4.78, 5) is 25.2. The Morgan fingerprint density at radius 2 is 1.52 bits per heavy atom. The number of carbonyl (C=O) groups excluding carboxylic acids is 2. The number of nitrogens with zero attached hydrogens (tertiary/aromatic N) is 2. The number of Topliss-reactive ketones (excluding diaryl/α,β-unsaturated/α-hetero) is 1. The van der Waals surface area contributed by atoms with Crippen LogP contribution >= 0.6 is 0 Å². The second-order valence-corrected chi connectivity index (χ2v) is 10.8. The summed E-state index contributed by atoms with van der Waals surface area (Å²) < 4.78 is 10.1. The van der Waals surface area contributed by atoms with Crippen LogP contribution in [0.1, 0.15) is 55.2 Å². The Labute approximate surface area is 243 Å². The summed E-state index contributed by atoms with van der Waals surface area (Å²) in [6.45, 7) is 2.26. The lowest BCUT2D eigenvalue weighted by Crippen LogP contribution is -2.41. The van der Waals surface area contributed by atoms with Gasteiger partial charge < -0.3 is 31.6 Å². The molecule has 2 aromatic heterocycles. The van der Waals surface area contributed by atoms with Gasteiger partial charge in [-0.25, -0.2) is 0 Å². The highest BCUT2D eigenvalue weighted by Crippen LogP contribution is 2.38. The van der Waals surface area contributed by atoms with Gasteiger partial charge in [0.2, 0.25) is 5.91 Å². The molecular formula is C32H36N6O4. The van der Waals surface area contributed by atoms with E-state index in [1.54, 1.807) is 6.92 Å². The van der Waals surface area contributed by atoms with Gasteiger partial charge in [-0.2, -0.15) is 0 Å². The van der Waals surface area contributed by atoms with Crippen molar-refractivity contribution in [2.75, 3.05) is 11.5 Å². The van der Waals surface area contributed by atoms with E-state index < -0.39 is 6.04 Å². The molecule has 5 aromatic rings. The molecule has 1 aliphatic rings. The fraction of sp³-hybridized carbons (Fsp3) is 0.312. The van der Waals surface area contributed by atoms with Crippen LogP contribution < -0.4 is 22.5 Å². The lowest BCUT2D eigenvalue weighted by molar-refractivity contribution is -0.129. The Hall–Kier alpha value is -4.70. The van der Waals surface area contributed by atoms with Gasteiger partial charge in [0.15, 0.2) is 28.6 Å². The maximum absolute atomic E-state index is 12.7. The molecule has 1 saturated carbocycles. The van der Waals surface area contributed by atoms with Crippen LogP contribution in [0.25, 0.3) is 21.9 Å². The average molecular weight is 569 g/mol. The zero-order valence-electron chi connectivity index (χ0n) is 23.6. The van der Waals surface area contributed by atoms with Crippen LogP contribution in [0.5, 0.6) is 0 Å². The molecule has 1 amide bonds. The Morgan fingerprint density at radius 1 is 0.905 bits per heavy atom. The smallest absolute Gasteiger partial charge is 0.223 e. The number of fused-ring (bicyclic) bond motifs is 2. The van der Waals surface area contributed by atoms with E-state index in [0.29, 0.717) is 48.1 Å². The number of nitrogens with one attached hydrogen (secondary N) is 1. The first-order valence-corrected chi connectivity index (χ1v) is 14.2. The highest BCUT2D eigenvalue weighted by molar-refractivity contribution is 5.90. The van der Waals surface area contributed by atoms with E-state index in [-0.39, 0.29) is 17.6 Å². The molecule has 218 valence electrons. The van der Waals surface area contributed by atoms with Gasteiger partial charge in [0.25, 0.3) is 0 Å². The molecule has 0 radical (unpaired) electrons. The highest BCUT2D eigenvalue weighted by Gasteiger charge is 2.31. The predicted molar refractivity (Wildman–Crippen MR) is 162 cm³/mol. The molecule has 2 heterocycles. The van der Waals surface area contributed by atoms with Crippen LogP contribution in [-0.2, 0) is 22.6 Å². The second kappa shape index (κ2) is 12.9. The van der Waals surface area contributed by atoms with Crippen LogP contribution in [0.4, 0.5) is 11.6 Å². The molecule has 0 aliphatic heterocycles. The minimum absolute atomic E-state index is 0.00663. The van der Waals surface area contributed by atoms with Crippen LogP contribution in [0.15, 0.2) is 75.8 Å². The van der Waals surface area contributed by atoms with Crippen molar-refractivity contribution in [1.29, 1.82) is 0 Å². The summed E-state index contributed by atoms with van der Waals surface area (Å²) in [7, 11) is 0. The van der Waals surface area contributed by atoms with Crippen molar-refractivity contribution in [3.8, 4) is 0 Å². The molecule has 10 heteroatoms. The summed E-state index contributed by atoms with van der Waals surface area (Å²) in [6, 6.07) is 21.1. The normalized spacial score (nSPS) is 17.1. The van der Waals surface area contributed by atoms with Crippen LogP contribution in [0, 0.1) is 5.92 Å². The summed E-state index contributed by atoms with van der Waals surface area (Å²) in [5.41, 5.74) is 21.3. The molecular weight excluding hydrogens is 532 g/mol. The molecule has 10 nitrogen and oxygen atoms in total. The van der Waals surface area contributed by atoms with Crippen LogP contribution in [0.2, 0.25) is 0 Å². The topological polar surface area (TPSA) is 176 Å². The molecule has 1 aliphatic carbocycles. The number of hydrogen-bond acceptors (Lipinski definition) is 9. The molecule has 0 saturated heterocycles. The largest absolute Gasteiger partial charge is 0.380 e. The monoisotopic (exact) mass is 568 g/mol. The van der Waals surface area contributed by atoms with Crippen molar-refractivity contribution in [3.05, 3.63) is 83.4 Å². The van der Waals surface area contributed by atoms with Crippen molar-refractivity contribution in [1.82, 2.24) is 15.6 Å². The number of nitrogens with two attached hydrogens (primary N) is 3. The zero-order valence-corrected chi connectivity index (χ0v) is 23.6. The van der Waals surface area contributed by atoms with Gasteiger partial charge in [0.1, 0.15) is 0 Å². The molecule has 3 atom stereocenters. The van der Waals surface area contributed by atoms with Crippen molar-refractivity contribution in [2.45, 2.75) is 57.5 Å². The van der Waals surface area contributed by atoms with E-state index in [2.05, 4.69) is 27.8 Å². The molecule has 6 rings (SSSR count). The minimum Gasteiger partial charge on any atom is -0.380 e. The first-order chi connectivity index (χ1) is 20.3. The Morgan fingerprint density at radius 3 is 2.17 bits per heavy atom. The molecule has 1 fully saturated rings. The quantitative estimate of drug-likeness (QED) is 0.203. The van der Waals surface area contributed by atoms with Crippen molar-refractivity contribution in [2.24, 2.45) is 11.7 Å². The molecule has 7 N–H and O–H groups in total. The zero-order chi connectivity index (χ0) is 29.6. The van der Waals surface area contributed by atoms with E-state index >= 15 is 0 Å². The maximum atomic E-state index is 12.7. The lowest BCUT2D eigenvalue weighted by Gasteiger charge is -2.17. The number of ketones is 1. The summed E-state index contributed by atoms with van der Waals surface area (Å²) in [6.07, 6.45) is 3.66. The number of rotatable bonds is 8. The molecule has 0 bridgehead atoms. The molecule has 42 heavy (non-hydrogen) atoms. The van der Waals surface area contributed by atoms with E-state index in [1.807, 2.05) is 54.6 Å². The van der Waals surface area contributed by atoms with Crippen LogP contribution in [-0.4, -0.2) is 28.0 Å². The third-order valence-corrected chi connectivity index (χ3v) is 7.94. The number of aryl methyl sites for hydroxylation is 1. The minimum atomic E-state index is -0.488. The van der Waals surface area contributed by atoms with E-state index in [9.17, 15) is 9.59 Å². The third-order valence-electron chi connectivity index (χ3n) is 7.94. The molecule has 0 unspecified atom stereocenters. The van der Waals surface area contributed by atoms with Gasteiger partial charge in [-0.1, -0.05) is 52.8 Å². The fourth-order valence-electron chi connectivity index (χ4n) is 5.43. The van der Waals surface area contributed by atoms with E-state index in [0.717, 1.165) is 41.2 Å². The summed E-state index contributed by atoms with van der Waals surface area (Å²) in [5.74, 6) is 1.21. The van der Waals surface area contributed by atoms with Gasteiger partial charge in [-0.15, -0.1) is 0 Å². The SMILES string of the molecule is C[C@H](NC(=O)[C@@H]1CC[C@@H](c2ccccc2)C1)C(=O)CCc1ccc2c(N)noc2c1.NCc1ccc2c(N)noc2c1. The highest BCUT2D eigenvalue weighted by atomic mass is 16.5. The van der Waals surface area contributed by atoms with Gasteiger partial charge in [0, 0.05) is 18.9 Å². The van der Waals surface area contributed by atoms with E-state index in [4.69, 9.17) is 26.2 Å². The number of anilines is 2. The van der Waals surface area contributed by atoms with Crippen molar-refractivity contribution in [3.63, 3.8) is 0 Å². The number of aromatic nitrogens is 2. The average Bonchev–Trinajstić information content (AvgIpc) is 3.75. The number of benzene rings is 3. The predicted octanol–water partition coefficient (Wildman–Crippen LogP) is 4.87. The third kappa shape index (κ3) is 6.60. The number of nitrogen functional groups attached to an aromatic ring is 2. The Bertz CT molecular complexity index is 1680. The second-order valence-electron chi connectivity index (χ2n) is 10.8. The van der Waals surface area contributed by atoms with Crippen molar-refractivity contribution >= 4 is 45.3 Å². The summed E-state index contributed by atoms with van der Waals surface area (Å²) in [5, 5.41) is 11.9. The van der Waals surface area contributed by atoms with Crippen LogP contribution in [0.3, 0.4) is 0 Å². The number of carbonyl (C=O) groups is 2. The van der Waals surface area contributed by atoms with Gasteiger partial charge in [0.05, 0.1) is 16.8 Å². The Kier molecular flexibility index (Phi) is 8.83. The first-order valence-electron chi connectivity index (χ1n) is 14.2. The maximum Gasteiger partial charge on any atom is 0.223 e. The van der Waals surface area contributed by atoms with Gasteiger partial charge in [-0.3, -0.25) is 9.59 Å². The lowest BCUT2D eigenvalue weighted by atomic mass is 9.96. The Balaban J connectivity index is 0.000000244. The first kappa shape index (κ1) is 28.8. The van der Waals surface area contributed by atoms with Crippen molar-refractivity contribution < 1.29 is 18.6 Å².